The first kappa shape index (κ1) is 6.99. The van der Waals surface area contributed by atoms with Gasteiger partial charge in [0.1, 0.15) is 6.07 Å². The second-order valence-electron chi connectivity index (χ2n) is 1.02. The summed E-state index contributed by atoms with van der Waals surface area (Å²) < 4.78 is 0. The van der Waals surface area contributed by atoms with E-state index in [0.717, 1.165) is 0 Å². The molecule has 0 fully saturated rings. The van der Waals surface area contributed by atoms with Crippen molar-refractivity contribution < 1.29 is 9.78 Å². The van der Waals surface area contributed by atoms with Crippen LogP contribution in [0.5, 0.6) is 0 Å². The number of nitriles is 1. The van der Waals surface area contributed by atoms with E-state index in [9.17, 15) is 0 Å². The van der Waals surface area contributed by atoms with Crippen LogP contribution in [0.4, 0.5) is 0 Å². The van der Waals surface area contributed by atoms with Crippen molar-refractivity contribution in [3.63, 3.8) is 0 Å². The van der Waals surface area contributed by atoms with Gasteiger partial charge in [-0.05, 0) is 13.5 Å². The molecule has 0 aliphatic rings. The van der Waals surface area contributed by atoms with Crippen molar-refractivity contribution >= 4 is 0 Å². The number of nitrogens with zero attached hydrogens (tertiary/aromatic N) is 1. The van der Waals surface area contributed by atoms with E-state index < -0.39 is 0 Å². The lowest BCUT2D eigenvalue weighted by Crippen LogP contribution is -1.89. The largest absolute Gasteiger partial charge is 0.327 e. The van der Waals surface area contributed by atoms with Crippen LogP contribution in [-0.4, -0.2) is 6.61 Å². The molecule has 0 aromatic heterocycles. The van der Waals surface area contributed by atoms with Crippen LogP contribution in [0.15, 0.2) is 12.3 Å². The van der Waals surface area contributed by atoms with Crippen LogP contribution in [0.25, 0.3) is 0 Å². The fourth-order valence-electron chi connectivity index (χ4n) is 0.149. The molecule has 0 spiro atoms. The second kappa shape index (κ2) is 4.16. The smallest absolute Gasteiger partial charge is 0.234 e. The van der Waals surface area contributed by atoms with E-state index in [2.05, 4.69) is 16.4 Å². The lowest BCUT2D eigenvalue weighted by atomic mass is 10.7. The van der Waals surface area contributed by atoms with E-state index in [0.29, 0.717) is 6.61 Å². The molecule has 0 heterocycles. The standard InChI is InChI=1S/C5H7NO2/c1-3-7-8-5(2)4-6/h2-3H2,1H3. The summed E-state index contributed by atoms with van der Waals surface area (Å²) in [6.07, 6.45) is 0. The van der Waals surface area contributed by atoms with Gasteiger partial charge in [-0.2, -0.15) is 10.1 Å². The Labute approximate surface area is 48.1 Å². The van der Waals surface area contributed by atoms with Gasteiger partial charge in [0.25, 0.3) is 0 Å². The fourth-order valence-corrected chi connectivity index (χ4v) is 0.149. The van der Waals surface area contributed by atoms with E-state index in [1.807, 2.05) is 0 Å². The Hall–Kier alpha value is -1.01. The molecule has 0 amide bonds. The summed E-state index contributed by atoms with van der Waals surface area (Å²) in [5.74, 6) is -0.0214. The number of hydrogen-bond acceptors (Lipinski definition) is 3. The zero-order chi connectivity index (χ0) is 6.41. The first-order valence-electron chi connectivity index (χ1n) is 2.19. The van der Waals surface area contributed by atoms with Gasteiger partial charge in [0.05, 0.1) is 6.61 Å². The zero-order valence-corrected chi connectivity index (χ0v) is 4.68. The van der Waals surface area contributed by atoms with Crippen LogP contribution in [0.1, 0.15) is 6.92 Å². The van der Waals surface area contributed by atoms with Gasteiger partial charge in [0, 0.05) is 0 Å². The predicted octanol–water partition coefficient (Wildman–Crippen LogP) is 0.992. The normalized spacial score (nSPS) is 7.50. The fraction of sp³-hybridized carbons (Fsp3) is 0.400. The molecule has 0 N–H and O–H groups in total. The first-order valence-corrected chi connectivity index (χ1v) is 2.19. The topological polar surface area (TPSA) is 42.2 Å². The highest BCUT2D eigenvalue weighted by molar-refractivity contribution is 5.05. The third-order valence-electron chi connectivity index (χ3n) is 0.402. The highest BCUT2D eigenvalue weighted by Crippen LogP contribution is 1.89. The second-order valence-corrected chi connectivity index (χ2v) is 1.02. The number of rotatable bonds is 3. The van der Waals surface area contributed by atoms with E-state index in [4.69, 9.17) is 5.26 Å². The maximum atomic E-state index is 8.01. The Bertz CT molecular complexity index is 114. The maximum Gasteiger partial charge on any atom is 0.234 e. The highest BCUT2D eigenvalue weighted by Gasteiger charge is 1.86. The first-order chi connectivity index (χ1) is 3.81. The maximum absolute atomic E-state index is 8.01. The SMILES string of the molecule is C=C(C#N)OOCC. The summed E-state index contributed by atoms with van der Waals surface area (Å²) >= 11 is 0. The molecule has 3 heteroatoms. The molecule has 0 rings (SSSR count). The van der Waals surface area contributed by atoms with Crippen molar-refractivity contribution in [1.29, 1.82) is 5.26 Å². The van der Waals surface area contributed by atoms with E-state index >= 15 is 0 Å². The summed E-state index contributed by atoms with van der Waals surface area (Å²) in [5, 5.41) is 8.01. The Balaban J connectivity index is 3.16. The highest BCUT2D eigenvalue weighted by atomic mass is 17.2. The van der Waals surface area contributed by atoms with Gasteiger partial charge >= 0.3 is 0 Å². The molecule has 0 aliphatic heterocycles. The van der Waals surface area contributed by atoms with Crippen molar-refractivity contribution in [3.05, 3.63) is 12.3 Å². The zero-order valence-electron chi connectivity index (χ0n) is 4.68. The van der Waals surface area contributed by atoms with E-state index in [-0.39, 0.29) is 5.76 Å². The van der Waals surface area contributed by atoms with Crippen molar-refractivity contribution in [2.24, 2.45) is 0 Å². The quantitative estimate of drug-likeness (QED) is 0.237. The molecule has 8 heavy (non-hydrogen) atoms. The molecule has 0 aromatic carbocycles. The van der Waals surface area contributed by atoms with Crippen LogP contribution in [0, 0.1) is 11.3 Å². The monoisotopic (exact) mass is 113 g/mol. The van der Waals surface area contributed by atoms with Crippen molar-refractivity contribution in [1.82, 2.24) is 0 Å². The summed E-state index contributed by atoms with van der Waals surface area (Å²) in [5.41, 5.74) is 0. The van der Waals surface area contributed by atoms with Crippen molar-refractivity contribution in [2.75, 3.05) is 6.61 Å². The number of hydrogen-bond donors (Lipinski definition) is 0. The summed E-state index contributed by atoms with van der Waals surface area (Å²) in [7, 11) is 0. The molecule has 44 valence electrons. The van der Waals surface area contributed by atoms with Gasteiger partial charge in [0.2, 0.25) is 5.76 Å². The molecule has 0 bridgehead atoms. The molecule has 0 saturated heterocycles. The molecule has 0 aliphatic carbocycles. The summed E-state index contributed by atoms with van der Waals surface area (Å²) in [6.45, 7) is 5.37. The third kappa shape index (κ3) is 3.19. The molecule has 0 unspecified atom stereocenters. The van der Waals surface area contributed by atoms with Crippen LogP contribution >= 0.6 is 0 Å². The van der Waals surface area contributed by atoms with Crippen molar-refractivity contribution in [2.45, 2.75) is 6.92 Å². The third-order valence-corrected chi connectivity index (χ3v) is 0.402. The minimum Gasteiger partial charge on any atom is -0.327 e. The summed E-state index contributed by atoms with van der Waals surface area (Å²) in [4.78, 5) is 8.65. The molecule has 3 nitrogen and oxygen atoms in total. The summed E-state index contributed by atoms with van der Waals surface area (Å²) in [6, 6.07) is 1.66. The molecule has 0 aromatic rings. The van der Waals surface area contributed by atoms with Gasteiger partial charge in [-0.1, -0.05) is 0 Å². The minimum absolute atomic E-state index is 0.0214. The van der Waals surface area contributed by atoms with E-state index in [1.54, 1.807) is 13.0 Å². The van der Waals surface area contributed by atoms with Gasteiger partial charge in [0.15, 0.2) is 0 Å². The van der Waals surface area contributed by atoms with Gasteiger partial charge in [-0.25, -0.2) is 0 Å². The van der Waals surface area contributed by atoms with Crippen molar-refractivity contribution in [3.8, 4) is 6.07 Å². The van der Waals surface area contributed by atoms with Gasteiger partial charge < -0.3 is 4.89 Å². The van der Waals surface area contributed by atoms with Crippen LogP contribution in [-0.2, 0) is 9.78 Å². The van der Waals surface area contributed by atoms with Gasteiger partial charge in [-0.3, -0.25) is 0 Å². The number of allylic oxidation sites excluding steroid dienone is 1. The Morgan fingerprint density at radius 1 is 1.88 bits per heavy atom. The van der Waals surface area contributed by atoms with Crippen LogP contribution in [0.2, 0.25) is 0 Å². The lowest BCUT2D eigenvalue weighted by molar-refractivity contribution is -0.252. The Kier molecular flexibility index (Phi) is 3.63. The Morgan fingerprint density at radius 3 is 2.88 bits per heavy atom. The van der Waals surface area contributed by atoms with E-state index in [1.165, 1.54) is 0 Å². The van der Waals surface area contributed by atoms with Crippen LogP contribution in [0.3, 0.4) is 0 Å². The molecule has 0 radical (unpaired) electrons. The average molecular weight is 113 g/mol. The van der Waals surface area contributed by atoms with Gasteiger partial charge in [-0.15, -0.1) is 0 Å². The van der Waals surface area contributed by atoms with Crippen LogP contribution < -0.4 is 0 Å². The lowest BCUT2D eigenvalue weighted by Gasteiger charge is -1.95. The average Bonchev–Trinajstić information content (AvgIpc) is 1.83. The Morgan fingerprint density at radius 2 is 2.50 bits per heavy atom. The molecular formula is C5H7NO2. The molecular weight excluding hydrogens is 106 g/mol. The predicted molar refractivity (Wildman–Crippen MR) is 27.5 cm³/mol. The molecule has 0 saturated carbocycles. The molecule has 0 atom stereocenters. The minimum atomic E-state index is -0.0214.